The molecule has 1 aliphatic rings. The number of ether oxygens (including phenoxy) is 4. The smallest absolute Gasteiger partial charge is 0.338 e. The number of nitrogens with one attached hydrogen (secondary N) is 3. The Kier molecular flexibility index (Phi) is 12.0. The minimum Gasteiger partial charge on any atom is -0.493 e. The number of carboxylic acids is 1. The van der Waals surface area contributed by atoms with Gasteiger partial charge >= 0.3 is 18.0 Å². The van der Waals surface area contributed by atoms with Crippen LogP contribution in [0.3, 0.4) is 0 Å². The van der Waals surface area contributed by atoms with Crippen LogP contribution < -0.4 is 30.3 Å². The SMILES string of the molecule is CCOC(=O)C1=C(C)NC(=O)N[C@@H]1c1ccc(OCC(=O)N/N=C\c2cc(Br)c(OCc3ccc(C(=O)O)cc3)c(Br)c2)c(OC)c1. The van der Waals surface area contributed by atoms with Crippen LogP contribution in [-0.4, -0.2) is 55.5 Å². The van der Waals surface area contributed by atoms with E-state index in [0.29, 0.717) is 31.5 Å². The van der Waals surface area contributed by atoms with Gasteiger partial charge in [0.05, 0.1) is 46.1 Å². The average molecular weight is 774 g/mol. The molecule has 0 saturated heterocycles. The highest BCUT2D eigenvalue weighted by Gasteiger charge is 2.32. The number of carbonyl (C=O) groups excluding carboxylic acids is 3. The first kappa shape index (κ1) is 35.0. The molecule has 13 nitrogen and oxygen atoms in total. The standard InChI is InChI=1S/C32H30Br2N4O9/c1-4-45-31(42)27-17(2)36-32(43)37-28(27)21-9-10-24(25(13-21)44-3)46-16-26(39)38-35-14-19-11-22(33)29(23(34)12-19)47-15-18-5-7-20(8-6-18)30(40)41/h5-14,28H,4,15-16H2,1-3H3,(H,38,39)(H,40,41)(H2,36,37,43)/b35-14-/t28-/m1/s1. The van der Waals surface area contributed by atoms with E-state index in [1.807, 2.05) is 0 Å². The summed E-state index contributed by atoms with van der Waals surface area (Å²) < 4.78 is 23.4. The summed E-state index contributed by atoms with van der Waals surface area (Å²) in [5.74, 6) is -1.02. The Hall–Kier alpha value is -4.89. The Morgan fingerprint density at radius 3 is 2.36 bits per heavy atom. The minimum absolute atomic E-state index is 0.171. The van der Waals surface area contributed by atoms with Crippen LogP contribution in [0.4, 0.5) is 4.79 Å². The van der Waals surface area contributed by atoms with Gasteiger partial charge in [0, 0.05) is 5.70 Å². The average Bonchev–Trinajstić information content (AvgIpc) is 3.03. The quantitative estimate of drug-likeness (QED) is 0.103. The summed E-state index contributed by atoms with van der Waals surface area (Å²) in [5, 5.41) is 18.3. The maximum atomic E-state index is 12.6. The van der Waals surface area contributed by atoms with Crippen LogP contribution in [0.2, 0.25) is 0 Å². The second kappa shape index (κ2) is 16.1. The van der Waals surface area contributed by atoms with Crippen molar-refractivity contribution >= 4 is 62.0 Å². The molecule has 1 atom stereocenters. The number of amides is 3. The lowest BCUT2D eigenvalue weighted by molar-refractivity contribution is -0.139. The number of urea groups is 1. The van der Waals surface area contributed by atoms with Crippen LogP contribution in [0.1, 0.15) is 46.9 Å². The summed E-state index contributed by atoms with van der Waals surface area (Å²) in [6, 6.07) is 13.4. The third-order valence-corrected chi connectivity index (χ3v) is 7.83. The van der Waals surface area contributed by atoms with E-state index < -0.39 is 29.9 Å². The van der Waals surface area contributed by atoms with Gasteiger partial charge in [0.1, 0.15) is 12.4 Å². The van der Waals surface area contributed by atoms with Crippen LogP contribution >= 0.6 is 31.9 Å². The van der Waals surface area contributed by atoms with Crippen molar-refractivity contribution in [3.63, 3.8) is 0 Å². The molecule has 15 heteroatoms. The second-order valence-corrected chi connectivity index (χ2v) is 11.6. The van der Waals surface area contributed by atoms with E-state index in [9.17, 15) is 19.2 Å². The van der Waals surface area contributed by atoms with Crippen molar-refractivity contribution in [2.24, 2.45) is 5.10 Å². The number of hydrogen-bond donors (Lipinski definition) is 4. The molecule has 4 N–H and O–H groups in total. The fraction of sp³-hybridized carbons (Fsp3) is 0.219. The molecular formula is C32H30Br2N4O9. The van der Waals surface area contributed by atoms with Crippen molar-refractivity contribution in [1.82, 2.24) is 16.1 Å². The Bertz CT molecular complexity index is 1720. The molecule has 246 valence electrons. The Morgan fingerprint density at radius 1 is 1.02 bits per heavy atom. The normalized spacial score (nSPS) is 14.2. The molecule has 0 saturated carbocycles. The summed E-state index contributed by atoms with van der Waals surface area (Å²) in [5.41, 5.74) is 5.22. The third-order valence-electron chi connectivity index (χ3n) is 6.65. The van der Waals surface area contributed by atoms with Gasteiger partial charge in [0.15, 0.2) is 18.1 Å². The Labute approximate surface area is 286 Å². The number of halogens is 2. The van der Waals surface area contributed by atoms with E-state index in [1.54, 1.807) is 56.3 Å². The van der Waals surface area contributed by atoms with Crippen molar-refractivity contribution in [3.8, 4) is 17.2 Å². The second-order valence-electron chi connectivity index (χ2n) is 9.89. The predicted molar refractivity (Wildman–Crippen MR) is 178 cm³/mol. The fourth-order valence-electron chi connectivity index (χ4n) is 4.45. The number of allylic oxidation sites excluding steroid dienone is 1. The van der Waals surface area contributed by atoms with E-state index >= 15 is 0 Å². The first-order valence-electron chi connectivity index (χ1n) is 14.0. The van der Waals surface area contributed by atoms with Gasteiger partial charge in [-0.2, -0.15) is 5.10 Å². The number of benzene rings is 3. The number of aromatic carboxylic acids is 1. The number of hydrogen-bond acceptors (Lipinski definition) is 9. The molecule has 3 aromatic rings. The summed E-state index contributed by atoms with van der Waals surface area (Å²) >= 11 is 6.96. The highest BCUT2D eigenvalue weighted by atomic mass is 79.9. The van der Waals surface area contributed by atoms with Gasteiger partial charge in [-0.15, -0.1) is 0 Å². The maximum Gasteiger partial charge on any atom is 0.338 e. The van der Waals surface area contributed by atoms with Crippen LogP contribution in [0.5, 0.6) is 17.2 Å². The highest BCUT2D eigenvalue weighted by Crippen LogP contribution is 2.36. The zero-order valence-corrected chi connectivity index (χ0v) is 28.6. The molecule has 0 aromatic heterocycles. The van der Waals surface area contributed by atoms with Crippen molar-refractivity contribution in [2.75, 3.05) is 20.3 Å². The summed E-state index contributed by atoms with van der Waals surface area (Å²) in [7, 11) is 1.43. The molecule has 3 aromatic carbocycles. The number of nitrogens with zero attached hydrogens (tertiary/aromatic N) is 1. The van der Waals surface area contributed by atoms with Gasteiger partial charge in [0.25, 0.3) is 5.91 Å². The first-order chi connectivity index (χ1) is 22.5. The monoisotopic (exact) mass is 772 g/mol. The van der Waals surface area contributed by atoms with Crippen molar-refractivity contribution in [3.05, 3.63) is 97.1 Å². The highest BCUT2D eigenvalue weighted by molar-refractivity contribution is 9.11. The van der Waals surface area contributed by atoms with Crippen molar-refractivity contribution < 1.29 is 43.2 Å². The summed E-state index contributed by atoms with van der Waals surface area (Å²) in [6.45, 7) is 3.32. The van der Waals surface area contributed by atoms with Crippen LogP contribution in [-0.2, 0) is 20.9 Å². The molecule has 0 fully saturated rings. The van der Waals surface area contributed by atoms with Crippen molar-refractivity contribution in [2.45, 2.75) is 26.5 Å². The van der Waals surface area contributed by atoms with E-state index in [-0.39, 0.29) is 42.5 Å². The third kappa shape index (κ3) is 9.10. The van der Waals surface area contributed by atoms with Gasteiger partial charge in [-0.1, -0.05) is 18.2 Å². The molecule has 0 aliphatic carbocycles. The molecule has 1 heterocycles. The number of methoxy groups -OCH3 is 1. The topological polar surface area (TPSA) is 174 Å². The number of carbonyl (C=O) groups is 4. The number of hydrazone groups is 1. The largest absolute Gasteiger partial charge is 0.493 e. The van der Waals surface area contributed by atoms with Gasteiger partial charge in [0.2, 0.25) is 0 Å². The summed E-state index contributed by atoms with van der Waals surface area (Å²) in [6.07, 6.45) is 1.45. The number of carboxylic acid groups (broad SMARTS) is 1. The first-order valence-corrected chi connectivity index (χ1v) is 15.6. The van der Waals surface area contributed by atoms with E-state index in [0.717, 1.165) is 5.56 Å². The number of esters is 1. The molecule has 0 radical (unpaired) electrons. The zero-order valence-electron chi connectivity index (χ0n) is 25.4. The minimum atomic E-state index is -0.999. The summed E-state index contributed by atoms with van der Waals surface area (Å²) in [4.78, 5) is 48.3. The lowest BCUT2D eigenvalue weighted by atomic mass is 9.95. The lowest BCUT2D eigenvalue weighted by Gasteiger charge is -2.28. The molecule has 0 spiro atoms. The molecule has 47 heavy (non-hydrogen) atoms. The zero-order chi connectivity index (χ0) is 34.1. The van der Waals surface area contributed by atoms with Crippen LogP contribution in [0, 0.1) is 0 Å². The predicted octanol–water partition coefficient (Wildman–Crippen LogP) is 5.22. The molecule has 0 unspecified atom stereocenters. The molecule has 0 bridgehead atoms. The van der Waals surface area contributed by atoms with Gasteiger partial charge < -0.3 is 34.7 Å². The molecular weight excluding hydrogens is 744 g/mol. The van der Waals surface area contributed by atoms with Gasteiger partial charge in [-0.25, -0.2) is 19.8 Å². The van der Waals surface area contributed by atoms with Crippen LogP contribution in [0.25, 0.3) is 0 Å². The Balaban J connectivity index is 1.34. The molecule has 4 rings (SSSR count). The maximum absolute atomic E-state index is 12.6. The van der Waals surface area contributed by atoms with E-state index in [4.69, 9.17) is 24.1 Å². The van der Waals surface area contributed by atoms with Gasteiger partial charge in [-0.05, 0) is 98.8 Å². The number of rotatable bonds is 13. The lowest BCUT2D eigenvalue weighted by Crippen LogP contribution is -2.45. The van der Waals surface area contributed by atoms with E-state index in [1.165, 1.54) is 25.5 Å². The molecule has 3 amide bonds. The van der Waals surface area contributed by atoms with Crippen molar-refractivity contribution in [1.29, 1.82) is 0 Å². The Morgan fingerprint density at radius 2 is 1.72 bits per heavy atom. The fourth-order valence-corrected chi connectivity index (χ4v) is 5.90. The molecule has 1 aliphatic heterocycles. The van der Waals surface area contributed by atoms with Gasteiger partial charge in [-0.3, -0.25) is 4.79 Å². The van der Waals surface area contributed by atoms with Crippen LogP contribution in [0.15, 0.2) is 79.9 Å². The van der Waals surface area contributed by atoms with E-state index in [2.05, 4.69) is 53.0 Å².